The van der Waals surface area contributed by atoms with Crippen LogP contribution in [0, 0.1) is 0 Å². The van der Waals surface area contributed by atoms with Crippen LogP contribution in [0.4, 0.5) is 4.79 Å². The van der Waals surface area contributed by atoms with E-state index in [9.17, 15) is 14.7 Å². The SMILES string of the molecule is CCC(c1cnc(-c2cccc(Cc3nn(-c4cnn(C)c4)ccc3=O)c2)nc1)N(C(=O)O)C(C)(C)C. The quantitative estimate of drug-likeness (QED) is 0.402. The lowest BCUT2D eigenvalue weighted by molar-refractivity contribution is 0.0680. The molecule has 3 heterocycles. The van der Waals surface area contributed by atoms with Gasteiger partial charge in [-0.25, -0.2) is 19.4 Å². The fourth-order valence-electron chi connectivity index (χ4n) is 4.37. The molecule has 1 atom stereocenters. The number of carbonyl (C=O) groups is 1. The van der Waals surface area contributed by atoms with Gasteiger partial charge in [-0.1, -0.05) is 25.1 Å². The van der Waals surface area contributed by atoms with Crippen LogP contribution in [-0.4, -0.2) is 51.2 Å². The lowest BCUT2D eigenvalue weighted by atomic mass is 9.98. The van der Waals surface area contributed by atoms with Crippen molar-refractivity contribution in [2.24, 2.45) is 7.05 Å². The molecule has 0 saturated heterocycles. The van der Waals surface area contributed by atoms with Gasteiger partial charge in [0.15, 0.2) is 5.82 Å². The van der Waals surface area contributed by atoms with Gasteiger partial charge in [0.1, 0.15) is 11.4 Å². The molecule has 0 fully saturated rings. The molecule has 1 unspecified atom stereocenters. The predicted molar refractivity (Wildman–Crippen MR) is 140 cm³/mol. The summed E-state index contributed by atoms with van der Waals surface area (Å²) in [5.41, 5.74) is 2.91. The maximum absolute atomic E-state index is 12.5. The van der Waals surface area contributed by atoms with Gasteiger partial charge in [0, 0.05) is 54.8 Å². The van der Waals surface area contributed by atoms with E-state index in [1.165, 1.54) is 11.0 Å². The first-order valence-electron chi connectivity index (χ1n) is 12.1. The third kappa shape index (κ3) is 5.74. The summed E-state index contributed by atoms with van der Waals surface area (Å²) < 4.78 is 3.31. The molecule has 3 aromatic heterocycles. The molecule has 1 N–H and O–H groups in total. The molecule has 1 amide bonds. The first kappa shape index (κ1) is 25.7. The van der Waals surface area contributed by atoms with E-state index in [2.05, 4.69) is 20.2 Å². The lowest BCUT2D eigenvalue weighted by Gasteiger charge is -2.39. The fraction of sp³-hybridized carbons (Fsp3) is 0.333. The highest BCUT2D eigenvalue weighted by Crippen LogP contribution is 2.31. The maximum Gasteiger partial charge on any atom is 0.408 e. The molecule has 0 spiro atoms. The molecule has 0 aliphatic heterocycles. The van der Waals surface area contributed by atoms with Crippen LogP contribution in [-0.2, 0) is 13.5 Å². The van der Waals surface area contributed by atoms with E-state index >= 15 is 0 Å². The zero-order chi connectivity index (χ0) is 26.7. The standard InChI is InChI=1S/C27H31N7O3/c1-6-23(34(26(36)37)27(2,3)4)20-14-28-25(29-15-20)19-9-7-8-18(12-19)13-22-24(35)10-11-33(31-22)21-16-30-32(5)17-21/h7-12,14-17,23H,6,13H2,1-5H3,(H,36,37). The molecule has 10 heteroatoms. The monoisotopic (exact) mass is 501 g/mol. The molecule has 0 saturated carbocycles. The molecule has 37 heavy (non-hydrogen) atoms. The summed E-state index contributed by atoms with van der Waals surface area (Å²) in [5, 5.41) is 18.5. The van der Waals surface area contributed by atoms with Crippen molar-refractivity contribution in [3.63, 3.8) is 0 Å². The first-order chi connectivity index (χ1) is 17.6. The first-order valence-corrected chi connectivity index (χ1v) is 12.1. The zero-order valence-electron chi connectivity index (χ0n) is 21.7. The molecular weight excluding hydrogens is 470 g/mol. The van der Waals surface area contributed by atoms with Crippen LogP contribution in [0.3, 0.4) is 0 Å². The van der Waals surface area contributed by atoms with Crippen molar-refractivity contribution < 1.29 is 9.90 Å². The van der Waals surface area contributed by atoms with Crippen molar-refractivity contribution in [3.05, 3.63) is 88.4 Å². The summed E-state index contributed by atoms with van der Waals surface area (Å²) >= 11 is 0. The van der Waals surface area contributed by atoms with E-state index < -0.39 is 11.6 Å². The van der Waals surface area contributed by atoms with Gasteiger partial charge < -0.3 is 5.11 Å². The van der Waals surface area contributed by atoms with Gasteiger partial charge in [-0.15, -0.1) is 0 Å². The highest BCUT2D eigenvalue weighted by molar-refractivity contribution is 5.67. The van der Waals surface area contributed by atoms with Crippen LogP contribution in [0.5, 0.6) is 0 Å². The predicted octanol–water partition coefficient (Wildman–Crippen LogP) is 4.24. The highest BCUT2D eigenvalue weighted by Gasteiger charge is 2.33. The van der Waals surface area contributed by atoms with Gasteiger partial charge in [0.25, 0.3) is 0 Å². The van der Waals surface area contributed by atoms with E-state index in [-0.39, 0.29) is 11.5 Å². The van der Waals surface area contributed by atoms with E-state index in [4.69, 9.17) is 0 Å². The Morgan fingerprint density at radius 2 is 1.86 bits per heavy atom. The fourth-order valence-corrected chi connectivity index (χ4v) is 4.37. The Morgan fingerprint density at radius 1 is 1.14 bits per heavy atom. The lowest BCUT2D eigenvalue weighted by Crippen LogP contribution is -2.47. The highest BCUT2D eigenvalue weighted by atomic mass is 16.4. The van der Waals surface area contributed by atoms with Crippen LogP contribution < -0.4 is 5.43 Å². The van der Waals surface area contributed by atoms with Gasteiger partial charge >= 0.3 is 6.09 Å². The van der Waals surface area contributed by atoms with Crippen LogP contribution in [0.2, 0.25) is 0 Å². The Morgan fingerprint density at radius 3 is 2.46 bits per heavy atom. The Balaban J connectivity index is 1.58. The van der Waals surface area contributed by atoms with E-state index in [0.717, 1.165) is 22.4 Å². The molecule has 0 radical (unpaired) electrons. The number of rotatable bonds is 7. The molecule has 4 rings (SSSR count). The Kier molecular flexibility index (Phi) is 7.19. The van der Waals surface area contributed by atoms with Crippen molar-refractivity contribution in [3.8, 4) is 17.1 Å². The number of benzene rings is 1. The topological polar surface area (TPSA) is 119 Å². The number of amides is 1. The van der Waals surface area contributed by atoms with Crippen molar-refractivity contribution in [1.29, 1.82) is 0 Å². The van der Waals surface area contributed by atoms with Crippen molar-refractivity contribution in [2.75, 3.05) is 0 Å². The second-order valence-corrected chi connectivity index (χ2v) is 9.91. The second-order valence-electron chi connectivity index (χ2n) is 9.91. The van der Waals surface area contributed by atoms with E-state index in [1.54, 1.807) is 34.2 Å². The summed E-state index contributed by atoms with van der Waals surface area (Å²) in [5.74, 6) is 0.520. The minimum absolute atomic E-state index is 0.140. The number of nitrogens with zero attached hydrogens (tertiary/aromatic N) is 7. The van der Waals surface area contributed by atoms with Gasteiger partial charge in [-0.2, -0.15) is 10.2 Å². The Hall–Kier alpha value is -4.34. The normalized spacial score (nSPS) is 12.4. The largest absolute Gasteiger partial charge is 0.465 e. The number of aryl methyl sites for hydroxylation is 1. The van der Waals surface area contributed by atoms with Crippen LogP contribution in [0.25, 0.3) is 17.1 Å². The third-order valence-electron chi connectivity index (χ3n) is 6.08. The van der Waals surface area contributed by atoms with E-state index in [1.807, 2.05) is 65.2 Å². The average molecular weight is 502 g/mol. The van der Waals surface area contributed by atoms with Crippen molar-refractivity contribution in [2.45, 2.75) is 52.1 Å². The molecule has 0 aliphatic carbocycles. The molecule has 4 aromatic rings. The van der Waals surface area contributed by atoms with Crippen molar-refractivity contribution in [1.82, 2.24) is 34.4 Å². The molecule has 1 aromatic carbocycles. The summed E-state index contributed by atoms with van der Waals surface area (Å²) in [4.78, 5) is 35.0. The second kappa shape index (κ2) is 10.3. The summed E-state index contributed by atoms with van der Waals surface area (Å²) in [6.45, 7) is 7.57. The number of aromatic nitrogens is 6. The van der Waals surface area contributed by atoms with Gasteiger partial charge in [-0.3, -0.25) is 14.4 Å². The van der Waals surface area contributed by atoms with Gasteiger partial charge in [0.05, 0.1) is 18.4 Å². The molecule has 0 bridgehead atoms. The zero-order valence-corrected chi connectivity index (χ0v) is 21.7. The minimum Gasteiger partial charge on any atom is -0.465 e. The Labute approximate surface area is 215 Å². The smallest absolute Gasteiger partial charge is 0.408 e. The molecule has 192 valence electrons. The minimum atomic E-state index is -0.978. The number of carboxylic acid groups (broad SMARTS) is 1. The van der Waals surface area contributed by atoms with Crippen LogP contribution >= 0.6 is 0 Å². The van der Waals surface area contributed by atoms with Crippen molar-refractivity contribution >= 4 is 6.09 Å². The average Bonchev–Trinajstić information content (AvgIpc) is 3.29. The third-order valence-corrected chi connectivity index (χ3v) is 6.08. The number of hydrogen-bond donors (Lipinski definition) is 1. The molecular formula is C27H31N7O3. The van der Waals surface area contributed by atoms with Crippen LogP contribution in [0.1, 0.15) is 57.0 Å². The van der Waals surface area contributed by atoms with Crippen LogP contribution in [0.15, 0.2) is 66.1 Å². The van der Waals surface area contributed by atoms with E-state index in [0.29, 0.717) is 24.4 Å². The van der Waals surface area contributed by atoms with Gasteiger partial charge in [0.2, 0.25) is 5.43 Å². The summed E-state index contributed by atoms with van der Waals surface area (Å²) in [6, 6.07) is 8.81. The summed E-state index contributed by atoms with van der Waals surface area (Å²) in [6.07, 6.45) is 8.49. The summed E-state index contributed by atoms with van der Waals surface area (Å²) in [7, 11) is 1.82. The van der Waals surface area contributed by atoms with Gasteiger partial charge in [-0.05, 0) is 38.8 Å². The maximum atomic E-state index is 12.5. The molecule has 0 aliphatic rings. The number of hydrogen-bond acceptors (Lipinski definition) is 6. The Bertz CT molecular complexity index is 1450. The molecule has 10 nitrogen and oxygen atoms in total.